The van der Waals surface area contributed by atoms with Gasteiger partial charge in [0.25, 0.3) is 0 Å². The van der Waals surface area contributed by atoms with Gasteiger partial charge in [0.05, 0.1) is 7.11 Å². The van der Waals surface area contributed by atoms with Gasteiger partial charge in [0.1, 0.15) is 5.75 Å². The fourth-order valence-corrected chi connectivity index (χ4v) is 2.58. The molecule has 0 amide bonds. The van der Waals surface area contributed by atoms with Crippen LogP contribution in [-0.4, -0.2) is 38.2 Å². The largest absolute Gasteiger partial charge is 0.497 e. The molecular weight excluding hydrogens is 316 g/mol. The molecular formula is C13H20BrClN2O. The number of methoxy groups -OCH3 is 1. The number of likely N-dealkylation sites (N-methyl/N-ethyl adjacent to an activating group) is 1. The molecule has 0 saturated carbocycles. The number of nitrogens with zero attached hydrogens (tertiary/aromatic N) is 1. The van der Waals surface area contributed by atoms with Crippen molar-refractivity contribution in [1.29, 1.82) is 0 Å². The van der Waals surface area contributed by atoms with Gasteiger partial charge in [-0.15, -0.1) is 12.4 Å². The van der Waals surface area contributed by atoms with Gasteiger partial charge in [0.2, 0.25) is 0 Å². The van der Waals surface area contributed by atoms with Crippen LogP contribution in [0.4, 0.5) is 0 Å². The minimum atomic E-state index is 0. The van der Waals surface area contributed by atoms with Crippen molar-refractivity contribution in [1.82, 2.24) is 10.2 Å². The predicted octanol–water partition coefficient (Wildman–Crippen LogP) is 2.67. The first-order valence-corrected chi connectivity index (χ1v) is 6.73. The van der Waals surface area contributed by atoms with Crippen molar-refractivity contribution in [3.05, 3.63) is 28.2 Å². The Labute approximate surface area is 123 Å². The van der Waals surface area contributed by atoms with Crippen molar-refractivity contribution < 1.29 is 4.74 Å². The van der Waals surface area contributed by atoms with Crippen molar-refractivity contribution in [2.24, 2.45) is 0 Å². The zero-order valence-electron chi connectivity index (χ0n) is 10.8. The Kier molecular flexibility index (Phi) is 6.43. The minimum Gasteiger partial charge on any atom is -0.497 e. The molecule has 3 nitrogen and oxygen atoms in total. The van der Waals surface area contributed by atoms with Crippen LogP contribution in [0.25, 0.3) is 0 Å². The van der Waals surface area contributed by atoms with Crippen LogP contribution in [0.2, 0.25) is 0 Å². The Morgan fingerprint density at radius 3 is 2.89 bits per heavy atom. The van der Waals surface area contributed by atoms with E-state index in [9.17, 15) is 0 Å². The first kappa shape index (κ1) is 15.8. The van der Waals surface area contributed by atoms with Gasteiger partial charge in [-0.3, -0.25) is 4.90 Å². The van der Waals surface area contributed by atoms with Gasteiger partial charge in [-0.05, 0) is 43.8 Å². The molecule has 1 aliphatic rings. The number of rotatable bonds is 4. The third-order valence-corrected chi connectivity index (χ3v) is 4.10. The molecule has 1 aromatic carbocycles. The van der Waals surface area contributed by atoms with Crippen LogP contribution in [-0.2, 0) is 6.54 Å². The average molecular weight is 336 g/mol. The van der Waals surface area contributed by atoms with E-state index in [0.717, 1.165) is 29.9 Å². The highest BCUT2D eigenvalue weighted by Crippen LogP contribution is 2.24. The Hall–Kier alpha value is -0.290. The van der Waals surface area contributed by atoms with Crippen LogP contribution in [0.1, 0.15) is 12.0 Å². The summed E-state index contributed by atoms with van der Waals surface area (Å²) < 4.78 is 6.41. The summed E-state index contributed by atoms with van der Waals surface area (Å²) in [4.78, 5) is 2.40. The predicted molar refractivity (Wildman–Crippen MR) is 80.7 cm³/mol. The van der Waals surface area contributed by atoms with E-state index in [0.29, 0.717) is 6.04 Å². The van der Waals surface area contributed by atoms with Gasteiger partial charge in [-0.2, -0.15) is 0 Å². The molecule has 102 valence electrons. The fourth-order valence-electron chi connectivity index (χ4n) is 2.21. The van der Waals surface area contributed by atoms with Gasteiger partial charge < -0.3 is 10.1 Å². The first-order valence-electron chi connectivity index (χ1n) is 5.94. The van der Waals surface area contributed by atoms with Crippen LogP contribution >= 0.6 is 28.3 Å². The van der Waals surface area contributed by atoms with Crippen molar-refractivity contribution in [3.8, 4) is 5.75 Å². The molecule has 1 fully saturated rings. The van der Waals surface area contributed by atoms with E-state index in [-0.39, 0.29) is 12.4 Å². The molecule has 0 radical (unpaired) electrons. The molecule has 1 heterocycles. The molecule has 2 rings (SSSR count). The molecule has 0 bridgehead atoms. The average Bonchev–Trinajstić information content (AvgIpc) is 2.85. The molecule has 1 N–H and O–H groups in total. The summed E-state index contributed by atoms with van der Waals surface area (Å²) in [7, 11) is 3.89. The number of hydrogen-bond acceptors (Lipinski definition) is 3. The molecule has 1 aromatic rings. The fraction of sp³-hybridized carbons (Fsp3) is 0.538. The third-order valence-electron chi connectivity index (χ3n) is 3.33. The van der Waals surface area contributed by atoms with E-state index in [4.69, 9.17) is 4.74 Å². The minimum absolute atomic E-state index is 0. The standard InChI is InChI=1S/C13H19BrN2O.ClH/c1-16(11-5-6-15-8-11)9-10-7-12(17-2)3-4-13(10)14;/h3-4,7,11,15H,5-6,8-9H2,1-2H3;1H. The van der Waals surface area contributed by atoms with Crippen molar-refractivity contribution >= 4 is 28.3 Å². The molecule has 1 unspecified atom stereocenters. The highest BCUT2D eigenvalue weighted by molar-refractivity contribution is 9.10. The SMILES string of the molecule is COc1ccc(Br)c(CN(C)C2CCNC2)c1.Cl. The summed E-state index contributed by atoms with van der Waals surface area (Å²) >= 11 is 3.60. The van der Waals surface area contributed by atoms with Gasteiger partial charge in [0.15, 0.2) is 0 Å². The summed E-state index contributed by atoms with van der Waals surface area (Å²) in [6.45, 7) is 3.18. The van der Waals surface area contributed by atoms with E-state index in [1.54, 1.807) is 7.11 Å². The Bertz CT molecular complexity index is 383. The maximum atomic E-state index is 5.27. The highest BCUT2D eigenvalue weighted by Gasteiger charge is 2.19. The lowest BCUT2D eigenvalue weighted by Crippen LogP contribution is -2.32. The Morgan fingerprint density at radius 2 is 2.28 bits per heavy atom. The maximum Gasteiger partial charge on any atom is 0.119 e. The number of benzene rings is 1. The highest BCUT2D eigenvalue weighted by atomic mass is 79.9. The molecule has 0 aliphatic carbocycles. The number of ether oxygens (including phenoxy) is 1. The first-order chi connectivity index (χ1) is 8.20. The molecule has 1 saturated heterocycles. The lowest BCUT2D eigenvalue weighted by Gasteiger charge is -2.24. The zero-order chi connectivity index (χ0) is 12.3. The summed E-state index contributed by atoms with van der Waals surface area (Å²) in [5.41, 5.74) is 1.28. The van der Waals surface area contributed by atoms with Crippen molar-refractivity contribution in [2.45, 2.75) is 19.0 Å². The molecule has 0 aromatic heterocycles. The molecule has 5 heteroatoms. The number of halogens is 2. The second kappa shape index (κ2) is 7.34. The molecule has 0 spiro atoms. The van der Waals surface area contributed by atoms with E-state index in [2.05, 4.69) is 45.3 Å². The van der Waals surface area contributed by atoms with E-state index < -0.39 is 0 Å². The Balaban J connectivity index is 0.00000162. The maximum absolute atomic E-state index is 5.27. The topological polar surface area (TPSA) is 24.5 Å². The summed E-state index contributed by atoms with van der Waals surface area (Å²) in [6.07, 6.45) is 1.23. The van der Waals surface area contributed by atoms with Gasteiger partial charge >= 0.3 is 0 Å². The van der Waals surface area contributed by atoms with Gasteiger partial charge in [0, 0.05) is 23.6 Å². The zero-order valence-corrected chi connectivity index (χ0v) is 13.2. The summed E-state index contributed by atoms with van der Waals surface area (Å²) in [5.74, 6) is 0.918. The second-order valence-corrected chi connectivity index (χ2v) is 5.37. The third kappa shape index (κ3) is 3.85. The molecule has 1 aliphatic heterocycles. The van der Waals surface area contributed by atoms with Gasteiger partial charge in [-0.25, -0.2) is 0 Å². The number of hydrogen-bond donors (Lipinski definition) is 1. The van der Waals surface area contributed by atoms with Gasteiger partial charge in [-0.1, -0.05) is 15.9 Å². The summed E-state index contributed by atoms with van der Waals surface area (Å²) in [5, 5.41) is 3.40. The molecule has 1 atom stereocenters. The normalized spacial score (nSPS) is 18.8. The van der Waals surface area contributed by atoms with E-state index >= 15 is 0 Å². The lowest BCUT2D eigenvalue weighted by molar-refractivity contribution is 0.248. The van der Waals surface area contributed by atoms with E-state index in [1.807, 2.05) is 6.07 Å². The number of nitrogens with one attached hydrogen (secondary N) is 1. The Morgan fingerprint density at radius 1 is 1.50 bits per heavy atom. The smallest absolute Gasteiger partial charge is 0.119 e. The van der Waals surface area contributed by atoms with Crippen LogP contribution in [0, 0.1) is 0 Å². The lowest BCUT2D eigenvalue weighted by atomic mass is 10.1. The van der Waals surface area contributed by atoms with Crippen LogP contribution in [0.3, 0.4) is 0 Å². The second-order valence-electron chi connectivity index (χ2n) is 4.52. The quantitative estimate of drug-likeness (QED) is 0.915. The summed E-state index contributed by atoms with van der Waals surface area (Å²) in [6, 6.07) is 6.77. The van der Waals surface area contributed by atoms with E-state index in [1.165, 1.54) is 12.0 Å². The van der Waals surface area contributed by atoms with Crippen molar-refractivity contribution in [2.75, 3.05) is 27.2 Å². The van der Waals surface area contributed by atoms with Crippen LogP contribution in [0.5, 0.6) is 5.75 Å². The van der Waals surface area contributed by atoms with Crippen LogP contribution in [0.15, 0.2) is 22.7 Å². The monoisotopic (exact) mass is 334 g/mol. The molecule has 18 heavy (non-hydrogen) atoms. The van der Waals surface area contributed by atoms with Crippen LogP contribution < -0.4 is 10.1 Å². The van der Waals surface area contributed by atoms with Crippen molar-refractivity contribution in [3.63, 3.8) is 0 Å².